The van der Waals surface area contributed by atoms with Crippen molar-refractivity contribution >= 4 is 29.3 Å². The molecule has 0 saturated heterocycles. The Hall–Kier alpha value is -2.98. The molecule has 0 N–H and O–H groups in total. The van der Waals surface area contributed by atoms with Crippen molar-refractivity contribution in [3.8, 4) is 0 Å². The molecule has 0 aliphatic rings. The van der Waals surface area contributed by atoms with Gasteiger partial charge in [-0.15, -0.1) is 0 Å². The fourth-order valence-electron chi connectivity index (χ4n) is 2.77. The van der Waals surface area contributed by atoms with Crippen molar-refractivity contribution in [2.75, 3.05) is 20.8 Å². The van der Waals surface area contributed by atoms with Gasteiger partial charge in [-0.25, -0.2) is 14.8 Å². The van der Waals surface area contributed by atoms with E-state index in [4.69, 9.17) is 25.9 Å². The van der Waals surface area contributed by atoms with Crippen LogP contribution in [0, 0.1) is 6.92 Å². The van der Waals surface area contributed by atoms with E-state index in [1.807, 2.05) is 0 Å². The fourth-order valence-corrected chi connectivity index (χ4v) is 2.97. The zero-order chi connectivity index (χ0) is 23.2. The highest BCUT2D eigenvalue weighted by atomic mass is 35.5. The quantitative estimate of drug-likeness (QED) is 0.198. The van der Waals surface area contributed by atoms with Crippen molar-refractivity contribution in [3.63, 3.8) is 0 Å². The second-order valence-corrected chi connectivity index (χ2v) is 6.84. The Morgan fingerprint density at radius 3 is 2.52 bits per heavy atom. The Balaban J connectivity index is 2.74. The number of hydrogen-bond acceptors (Lipinski definition) is 8. The van der Waals surface area contributed by atoms with Crippen molar-refractivity contribution < 1.29 is 32.7 Å². The van der Waals surface area contributed by atoms with E-state index < -0.39 is 28.9 Å². The van der Waals surface area contributed by atoms with Crippen molar-refractivity contribution in [2.45, 2.75) is 25.1 Å². The number of aromatic nitrogens is 2. The number of methoxy groups -OCH3 is 2. The molecule has 0 amide bonds. The Morgan fingerprint density at radius 1 is 1.26 bits per heavy atom. The average Bonchev–Trinajstić information content (AvgIpc) is 2.72. The highest BCUT2D eigenvalue weighted by Gasteiger charge is 2.34. The van der Waals surface area contributed by atoms with E-state index in [1.165, 1.54) is 21.1 Å². The van der Waals surface area contributed by atoms with Crippen LogP contribution in [0.25, 0.3) is 0 Å². The van der Waals surface area contributed by atoms with E-state index in [2.05, 4.69) is 15.1 Å². The standard InChI is InChI=1S/C20H20ClF2N3O5/c1-11-9-24-18(25-17(11)20(21,22)23)16(26-31-12(2)27)14-8-6-5-7-13(14)15(10-29-3)19(28)30-4/h5-9,15H,10H2,1-4H3. The van der Waals surface area contributed by atoms with E-state index in [0.29, 0.717) is 5.56 Å². The number of carbonyl (C=O) groups excluding carboxylic acids is 2. The number of halogens is 3. The predicted octanol–water partition coefficient (Wildman–Crippen LogP) is 3.29. The zero-order valence-corrected chi connectivity index (χ0v) is 17.9. The van der Waals surface area contributed by atoms with Gasteiger partial charge < -0.3 is 14.3 Å². The molecule has 0 saturated carbocycles. The van der Waals surface area contributed by atoms with Crippen molar-refractivity contribution in [1.82, 2.24) is 9.97 Å². The third-order valence-corrected chi connectivity index (χ3v) is 4.31. The van der Waals surface area contributed by atoms with Crippen LogP contribution in [0.2, 0.25) is 0 Å². The van der Waals surface area contributed by atoms with Gasteiger partial charge in [-0.1, -0.05) is 29.4 Å². The molecule has 0 bridgehead atoms. The number of nitrogens with zero attached hydrogens (tertiary/aromatic N) is 3. The van der Waals surface area contributed by atoms with Crippen molar-refractivity contribution in [1.29, 1.82) is 0 Å². The van der Waals surface area contributed by atoms with Crippen LogP contribution in [0.1, 0.15) is 41.1 Å². The molecule has 1 unspecified atom stereocenters. The van der Waals surface area contributed by atoms with Gasteiger partial charge in [0.2, 0.25) is 0 Å². The molecule has 0 aliphatic carbocycles. The van der Waals surface area contributed by atoms with Gasteiger partial charge in [0.25, 0.3) is 0 Å². The summed E-state index contributed by atoms with van der Waals surface area (Å²) in [5.41, 5.74) is -0.198. The average molecular weight is 456 g/mol. The first-order valence-corrected chi connectivity index (χ1v) is 9.30. The summed E-state index contributed by atoms with van der Waals surface area (Å²) in [7, 11) is 2.63. The van der Waals surface area contributed by atoms with Gasteiger partial charge in [-0.05, 0) is 29.7 Å². The van der Waals surface area contributed by atoms with E-state index in [0.717, 1.165) is 13.1 Å². The number of ether oxygens (including phenoxy) is 2. The molecule has 0 radical (unpaired) electrons. The Kier molecular flexibility index (Phi) is 8.12. The van der Waals surface area contributed by atoms with Crippen molar-refractivity contribution in [2.24, 2.45) is 5.16 Å². The molecule has 1 aromatic carbocycles. The number of esters is 1. The van der Waals surface area contributed by atoms with Gasteiger partial charge in [0.05, 0.1) is 13.7 Å². The second-order valence-electron chi connectivity index (χ2n) is 6.36. The minimum Gasteiger partial charge on any atom is -0.468 e. The lowest BCUT2D eigenvalue weighted by atomic mass is 9.92. The largest absolute Gasteiger partial charge is 0.468 e. The second kappa shape index (κ2) is 10.4. The number of oxime groups is 1. The molecule has 8 nitrogen and oxygen atoms in total. The molecule has 11 heteroatoms. The molecule has 2 aromatic rings. The number of rotatable bonds is 8. The normalized spacial score (nSPS) is 12.9. The van der Waals surface area contributed by atoms with Crippen molar-refractivity contribution in [3.05, 3.63) is 58.7 Å². The highest BCUT2D eigenvalue weighted by molar-refractivity contribution is 6.21. The lowest BCUT2D eigenvalue weighted by molar-refractivity contribution is -0.144. The summed E-state index contributed by atoms with van der Waals surface area (Å²) in [4.78, 5) is 36.3. The van der Waals surface area contributed by atoms with E-state index in [1.54, 1.807) is 24.3 Å². The highest BCUT2D eigenvalue weighted by Crippen LogP contribution is 2.33. The van der Waals surface area contributed by atoms with Gasteiger partial charge in [0, 0.05) is 25.8 Å². The zero-order valence-electron chi connectivity index (χ0n) is 17.2. The summed E-state index contributed by atoms with van der Waals surface area (Å²) in [6.45, 7) is 2.45. The van der Waals surface area contributed by atoms with Crippen LogP contribution in [0.15, 0.2) is 35.6 Å². The van der Waals surface area contributed by atoms with Gasteiger partial charge in [0.1, 0.15) is 11.6 Å². The topological polar surface area (TPSA) is 100.0 Å². The predicted molar refractivity (Wildman–Crippen MR) is 107 cm³/mol. The number of aryl methyl sites for hydroxylation is 1. The maximum Gasteiger partial charge on any atom is 0.365 e. The molecule has 0 aliphatic heterocycles. The van der Waals surface area contributed by atoms with Gasteiger partial charge in [-0.3, -0.25) is 4.79 Å². The first kappa shape index (κ1) is 24.3. The van der Waals surface area contributed by atoms with Crippen LogP contribution in [-0.2, 0) is 29.3 Å². The third kappa shape index (κ3) is 6.02. The molecular weight excluding hydrogens is 436 g/mol. The number of benzene rings is 1. The molecule has 166 valence electrons. The van der Waals surface area contributed by atoms with E-state index in [-0.39, 0.29) is 29.3 Å². The fraction of sp³-hybridized carbons (Fsp3) is 0.350. The number of alkyl halides is 3. The van der Waals surface area contributed by atoms with Crippen LogP contribution in [0.5, 0.6) is 0 Å². The van der Waals surface area contributed by atoms with E-state index in [9.17, 15) is 18.4 Å². The first-order chi connectivity index (χ1) is 14.6. The summed E-state index contributed by atoms with van der Waals surface area (Å²) in [5.74, 6) is -2.52. The lowest BCUT2D eigenvalue weighted by Gasteiger charge is -2.19. The molecule has 1 atom stereocenters. The maximum absolute atomic E-state index is 13.8. The minimum absolute atomic E-state index is 0.0374. The Labute approximate surface area is 182 Å². The van der Waals surface area contributed by atoms with Crippen LogP contribution >= 0.6 is 11.6 Å². The SMILES string of the molecule is COCC(C(=O)OC)c1ccccc1C(=NOC(C)=O)c1ncc(C)c(C(F)(F)Cl)n1. The van der Waals surface area contributed by atoms with Gasteiger partial charge in [-0.2, -0.15) is 8.78 Å². The van der Waals surface area contributed by atoms with E-state index >= 15 is 0 Å². The van der Waals surface area contributed by atoms with Gasteiger partial charge in [0.15, 0.2) is 11.5 Å². The van der Waals surface area contributed by atoms with Crippen LogP contribution in [-0.4, -0.2) is 48.4 Å². The molecule has 1 heterocycles. The summed E-state index contributed by atoms with van der Waals surface area (Å²) in [5, 5.41) is 0.000661. The maximum atomic E-state index is 13.8. The summed E-state index contributed by atoms with van der Waals surface area (Å²) in [6, 6.07) is 6.42. The summed E-state index contributed by atoms with van der Waals surface area (Å²) in [6.07, 6.45) is 1.15. The number of carbonyl (C=O) groups is 2. The summed E-state index contributed by atoms with van der Waals surface area (Å²) < 4.78 is 37.6. The summed E-state index contributed by atoms with van der Waals surface area (Å²) >= 11 is 5.17. The third-order valence-electron chi connectivity index (χ3n) is 4.13. The van der Waals surface area contributed by atoms with Crippen LogP contribution in [0.3, 0.4) is 0 Å². The lowest BCUT2D eigenvalue weighted by Crippen LogP contribution is -2.23. The molecule has 2 rings (SSSR count). The minimum atomic E-state index is -3.77. The number of hydrogen-bond donors (Lipinski definition) is 0. The molecule has 0 fully saturated rings. The molecule has 0 spiro atoms. The Bertz CT molecular complexity index is 995. The van der Waals surface area contributed by atoms with Gasteiger partial charge >= 0.3 is 17.3 Å². The van der Waals surface area contributed by atoms with Crippen LogP contribution < -0.4 is 0 Å². The monoisotopic (exact) mass is 455 g/mol. The Morgan fingerprint density at radius 2 is 1.94 bits per heavy atom. The van der Waals surface area contributed by atoms with Crippen LogP contribution in [0.4, 0.5) is 8.78 Å². The smallest absolute Gasteiger partial charge is 0.365 e. The first-order valence-electron chi connectivity index (χ1n) is 8.93. The molecular formula is C20H20ClF2N3O5. The molecule has 31 heavy (non-hydrogen) atoms. The molecule has 1 aromatic heterocycles.